The number of carbonyl (C=O) groups excluding carboxylic acids is 2. The Hall–Kier alpha value is -1.34. The number of amides is 2. The molecule has 2 amide bonds. The van der Waals surface area contributed by atoms with Crippen molar-refractivity contribution in [1.29, 1.82) is 0 Å². The van der Waals surface area contributed by atoms with E-state index >= 15 is 0 Å². The lowest BCUT2D eigenvalue weighted by Crippen LogP contribution is -2.45. The second kappa shape index (κ2) is 11.2. The molecule has 3 rings (SSSR count). The summed E-state index contributed by atoms with van der Waals surface area (Å²) in [7, 11) is 0. The van der Waals surface area contributed by atoms with E-state index in [0.717, 1.165) is 30.7 Å². The average Bonchev–Trinajstić information content (AvgIpc) is 2.73. The van der Waals surface area contributed by atoms with Gasteiger partial charge in [0.25, 0.3) is 0 Å². The van der Waals surface area contributed by atoms with Gasteiger partial charge in [0.2, 0.25) is 11.8 Å². The summed E-state index contributed by atoms with van der Waals surface area (Å²) < 4.78 is 5.25. The number of hydrogen-bond donors (Lipinski definition) is 2. The summed E-state index contributed by atoms with van der Waals surface area (Å²) in [6.45, 7) is 2.97. The third-order valence-corrected chi connectivity index (χ3v) is 6.30. The molecule has 2 aliphatic rings. The highest BCUT2D eigenvalue weighted by Crippen LogP contribution is 2.39. The molecule has 1 saturated heterocycles. The van der Waals surface area contributed by atoms with E-state index in [2.05, 4.69) is 11.4 Å². The zero-order valence-corrected chi connectivity index (χ0v) is 18.3. The molecular weight excluding hydrogens is 413 g/mol. The molecule has 1 saturated carbocycles. The summed E-state index contributed by atoms with van der Waals surface area (Å²) >= 11 is 6.16. The zero-order chi connectivity index (χ0) is 20.0. The number of nitrogens with one attached hydrogen (secondary N) is 1. The second-order valence-corrected chi connectivity index (χ2v) is 8.27. The fraction of sp³-hybridized carbons (Fsp3) is 0.619. The highest BCUT2D eigenvalue weighted by Gasteiger charge is 2.36. The van der Waals surface area contributed by atoms with Crippen molar-refractivity contribution in [2.75, 3.05) is 32.8 Å². The standard InChI is InChI=1S/C21H30ClN3O3.ClH/c22-17-3-1-2-16(14-17)21(15-23)8-6-18(7-9-21)24-19(26)4-5-20(27)25-10-12-28-13-11-25;/h1-3,14,18H,4-13,15,23H2,(H,24,26);1H/t18-,21-;. The van der Waals surface area contributed by atoms with Crippen molar-refractivity contribution in [2.45, 2.75) is 50.0 Å². The van der Waals surface area contributed by atoms with E-state index in [0.29, 0.717) is 32.8 Å². The maximum absolute atomic E-state index is 12.3. The third-order valence-electron chi connectivity index (χ3n) is 6.07. The quantitative estimate of drug-likeness (QED) is 0.707. The Labute approximate surface area is 183 Å². The molecule has 0 bridgehead atoms. The fourth-order valence-corrected chi connectivity index (χ4v) is 4.43. The van der Waals surface area contributed by atoms with Gasteiger partial charge in [0, 0.05) is 49.0 Å². The summed E-state index contributed by atoms with van der Waals surface area (Å²) in [5.41, 5.74) is 7.25. The van der Waals surface area contributed by atoms with Gasteiger partial charge in [-0.3, -0.25) is 9.59 Å². The number of nitrogens with two attached hydrogens (primary N) is 1. The van der Waals surface area contributed by atoms with Gasteiger partial charge in [-0.05, 0) is 43.4 Å². The Morgan fingerprint density at radius 1 is 1.21 bits per heavy atom. The Bertz CT molecular complexity index is 688. The normalized spacial score (nSPS) is 24.5. The first-order valence-corrected chi connectivity index (χ1v) is 10.5. The molecule has 162 valence electrons. The predicted molar refractivity (Wildman–Crippen MR) is 116 cm³/mol. The smallest absolute Gasteiger partial charge is 0.223 e. The monoisotopic (exact) mass is 443 g/mol. The number of carbonyl (C=O) groups is 2. The third kappa shape index (κ3) is 6.32. The van der Waals surface area contributed by atoms with Crippen LogP contribution in [0.15, 0.2) is 24.3 Å². The lowest BCUT2D eigenvalue weighted by molar-refractivity contribution is -0.137. The number of ether oxygens (including phenoxy) is 1. The van der Waals surface area contributed by atoms with Crippen LogP contribution in [0.4, 0.5) is 0 Å². The molecule has 2 fully saturated rings. The highest BCUT2D eigenvalue weighted by atomic mass is 35.5. The maximum atomic E-state index is 12.3. The van der Waals surface area contributed by atoms with Crippen molar-refractivity contribution in [1.82, 2.24) is 10.2 Å². The highest BCUT2D eigenvalue weighted by molar-refractivity contribution is 6.30. The Balaban J connectivity index is 0.00000300. The van der Waals surface area contributed by atoms with Crippen LogP contribution < -0.4 is 11.1 Å². The number of halogens is 2. The van der Waals surface area contributed by atoms with Gasteiger partial charge in [0.15, 0.2) is 0 Å². The number of hydrogen-bond acceptors (Lipinski definition) is 4. The van der Waals surface area contributed by atoms with E-state index in [1.807, 2.05) is 18.2 Å². The van der Waals surface area contributed by atoms with Gasteiger partial charge in [0.1, 0.15) is 0 Å². The van der Waals surface area contributed by atoms with Crippen LogP contribution in [0.5, 0.6) is 0 Å². The minimum absolute atomic E-state index is 0. The van der Waals surface area contributed by atoms with Crippen LogP contribution in [0.25, 0.3) is 0 Å². The fourth-order valence-electron chi connectivity index (χ4n) is 4.23. The lowest BCUT2D eigenvalue weighted by Gasteiger charge is -2.40. The first kappa shape index (κ1) is 23.9. The minimum Gasteiger partial charge on any atom is -0.378 e. The van der Waals surface area contributed by atoms with Gasteiger partial charge in [-0.1, -0.05) is 23.7 Å². The Morgan fingerprint density at radius 2 is 1.90 bits per heavy atom. The molecule has 0 radical (unpaired) electrons. The SMILES string of the molecule is Cl.NC[C@]1(c2cccc(Cl)c2)CC[C@H](NC(=O)CCC(=O)N2CCOCC2)CC1. The summed E-state index contributed by atoms with van der Waals surface area (Å²) in [6.07, 6.45) is 4.10. The summed E-state index contributed by atoms with van der Waals surface area (Å²) in [6, 6.07) is 8.08. The number of nitrogens with zero attached hydrogens (tertiary/aromatic N) is 1. The molecule has 29 heavy (non-hydrogen) atoms. The first-order valence-electron chi connectivity index (χ1n) is 10.1. The van der Waals surface area contributed by atoms with Crippen LogP contribution in [0.3, 0.4) is 0 Å². The van der Waals surface area contributed by atoms with Crippen LogP contribution >= 0.6 is 24.0 Å². The van der Waals surface area contributed by atoms with E-state index in [1.54, 1.807) is 4.90 Å². The van der Waals surface area contributed by atoms with Gasteiger partial charge in [-0.25, -0.2) is 0 Å². The summed E-state index contributed by atoms with van der Waals surface area (Å²) in [5, 5.41) is 3.83. The number of rotatable bonds is 6. The van der Waals surface area contributed by atoms with E-state index in [9.17, 15) is 9.59 Å². The maximum Gasteiger partial charge on any atom is 0.223 e. The van der Waals surface area contributed by atoms with Gasteiger partial charge in [0.05, 0.1) is 13.2 Å². The van der Waals surface area contributed by atoms with Crippen LogP contribution in [0.1, 0.15) is 44.1 Å². The van der Waals surface area contributed by atoms with Crippen molar-refractivity contribution in [2.24, 2.45) is 5.73 Å². The molecule has 1 aromatic carbocycles. The Kier molecular flexibility index (Phi) is 9.21. The van der Waals surface area contributed by atoms with Gasteiger partial charge in [-0.2, -0.15) is 0 Å². The van der Waals surface area contributed by atoms with Crippen LogP contribution in [-0.4, -0.2) is 55.6 Å². The van der Waals surface area contributed by atoms with Crippen LogP contribution in [0, 0.1) is 0 Å². The minimum atomic E-state index is -0.0710. The first-order chi connectivity index (χ1) is 13.5. The van der Waals surface area contributed by atoms with Crippen molar-refractivity contribution >= 4 is 35.8 Å². The molecule has 0 spiro atoms. The molecule has 0 unspecified atom stereocenters. The van der Waals surface area contributed by atoms with Crippen molar-refractivity contribution < 1.29 is 14.3 Å². The van der Waals surface area contributed by atoms with Gasteiger partial charge < -0.3 is 20.7 Å². The van der Waals surface area contributed by atoms with E-state index < -0.39 is 0 Å². The Morgan fingerprint density at radius 3 is 2.52 bits per heavy atom. The zero-order valence-electron chi connectivity index (χ0n) is 16.7. The largest absolute Gasteiger partial charge is 0.378 e. The second-order valence-electron chi connectivity index (χ2n) is 7.83. The van der Waals surface area contributed by atoms with E-state index in [1.165, 1.54) is 5.56 Å². The molecule has 1 heterocycles. The molecule has 0 atom stereocenters. The topological polar surface area (TPSA) is 84.7 Å². The molecule has 8 heteroatoms. The van der Waals surface area contributed by atoms with Crippen molar-refractivity contribution in [3.8, 4) is 0 Å². The summed E-state index contributed by atoms with van der Waals surface area (Å²) in [4.78, 5) is 26.2. The molecule has 6 nitrogen and oxygen atoms in total. The number of benzene rings is 1. The molecule has 0 aromatic heterocycles. The average molecular weight is 444 g/mol. The predicted octanol–water partition coefficient (Wildman–Crippen LogP) is 2.66. The van der Waals surface area contributed by atoms with Crippen molar-refractivity contribution in [3.05, 3.63) is 34.9 Å². The lowest BCUT2D eigenvalue weighted by atomic mass is 9.68. The molecule has 1 aromatic rings. The van der Waals surface area contributed by atoms with E-state index in [4.69, 9.17) is 22.1 Å². The van der Waals surface area contributed by atoms with E-state index in [-0.39, 0.29) is 48.5 Å². The molecule has 1 aliphatic carbocycles. The summed E-state index contributed by atoms with van der Waals surface area (Å²) in [5.74, 6) is -0.0141. The molecular formula is C21H31Cl2N3O3. The molecule has 1 aliphatic heterocycles. The van der Waals surface area contributed by atoms with Gasteiger partial charge >= 0.3 is 0 Å². The van der Waals surface area contributed by atoms with Crippen LogP contribution in [-0.2, 0) is 19.7 Å². The van der Waals surface area contributed by atoms with Crippen LogP contribution in [0.2, 0.25) is 5.02 Å². The van der Waals surface area contributed by atoms with Crippen molar-refractivity contribution in [3.63, 3.8) is 0 Å². The van der Waals surface area contributed by atoms with Gasteiger partial charge in [-0.15, -0.1) is 12.4 Å². The number of morpholine rings is 1. The molecule has 3 N–H and O–H groups in total.